The van der Waals surface area contributed by atoms with E-state index >= 15 is 0 Å². The van der Waals surface area contributed by atoms with Gasteiger partial charge in [-0.05, 0) is 35.9 Å². The predicted molar refractivity (Wildman–Crippen MR) is 92.1 cm³/mol. The molecule has 2 rings (SSSR count). The summed E-state index contributed by atoms with van der Waals surface area (Å²) in [6, 6.07) is 13.0. The zero-order chi connectivity index (χ0) is 17.4. The largest absolute Gasteiger partial charge is 0.490 e. The minimum Gasteiger partial charge on any atom is -0.490 e. The maximum absolute atomic E-state index is 11.7. The fourth-order valence-electron chi connectivity index (χ4n) is 1.83. The van der Waals surface area contributed by atoms with Crippen molar-refractivity contribution in [1.29, 1.82) is 0 Å². The van der Waals surface area contributed by atoms with E-state index in [1.807, 2.05) is 6.07 Å². The average Bonchev–Trinajstić information content (AvgIpc) is 2.58. The first-order chi connectivity index (χ1) is 11.6. The summed E-state index contributed by atoms with van der Waals surface area (Å²) in [5.74, 6) is 0.283. The van der Waals surface area contributed by atoms with Crippen LogP contribution in [0.5, 0.6) is 5.75 Å². The van der Waals surface area contributed by atoms with Crippen LogP contribution in [-0.4, -0.2) is 24.0 Å². The lowest BCUT2D eigenvalue weighted by Crippen LogP contribution is -2.26. The Kier molecular flexibility index (Phi) is 6.33. The summed E-state index contributed by atoms with van der Waals surface area (Å²) in [5, 5.41) is 13.7. The molecule has 0 aliphatic rings. The zero-order valence-electron chi connectivity index (χ0n) is 12.6. The summed E-state index contributed by atoms with van der Waals surface area (Å²) in [7, 11) is 0. The van der Waals surface area contributed by atoms with E-state index in [1.54, 1.807) is 36.4 Å². The van der Waals surface area contributed by atoms with Gasteiger partial charge in [0.25, 0.3) is 5.69 Å². The van der Waals surface area contributed by atoms with Crippen molar-refractivity contribution in [3.8, 4) is 5.75 Å². The van der Waals surface area contributed by atoms with Gasteiger partial charge in [0.15, 0.2) is 0 Å². The van der Waals surface area contributed by atoms with Crippen LogP contribution in [0.15, 0.2) is 54.6 Å². The van der Waals surface area contributed by atoms with E-state index in [2.05, 4.69) is 5.32 Å². The van der Waals surface area contributed by atoms with Crippen molar-refractivity contribution in [2.45, 2.75) is 0 Å². The third-order valence-electron chi connectivity index (χ3n) is 3.03. The van der Waals surface area contributed by atoms with Gasteiger partial charge in [0.2, 0.25) is 5.91 Å². The van der Waals surface area contributed by atoms with Crippen molar-refractivity contribution >= 4 is 29.3 Å². The monoisotopic (exact) mass is 346 g/mol. The van der Waals surface area contributed by atoms with Crippen molar-refractivity contribution in [2.24, 2.45) is 0 Å². The minimum atomic E-state index is -0.473. The molecule has 0 saturated carbocycles. The summed E-state index contributed by atoms with van der Waals surface area (Å²) in [6.07, 6.45) is 2.94. The molecule has 0 aliphatic carbocycles. The molecule has 6 nitrogen and oxygen atoms in total. The maximum Gasteiger partial charge on any atom is 0.269 e. The number of nitro benzene ring substituents is 1. The summed E-state index contributed by atoms with van der Waals surface area (Å²) in [6.45, 7) is 0.621. The second-order valence-electron chi connectivity index (χ2n) is 4.75. The summed E-state index contributed by atoms with van der Waals surface area (Å²) in [5.41, 5.74) is 0.705. The lowest BCUT2D eigenvalue weighted by molar-refractivity contribution is -0.384. The molecule has 0 fully saturated rings. The van der Waals surface area contributed by atoms with Gasteiger partial charge in [0.1, 0.15) is 12.4 Å². The van der Waals surface area contributed by atoms with E-state index < -0.39 is 4.92 Å². The third-order valence-corrected chi connectivity index (χ3v) is 3.34. The molecule has 0 aromatic heterocycles. The number of nitro groups is 1. The van der Waals surface area contributed by atoms with E-state index in [0.29, 0.717) is 29.5 Å². The number of nitrogens with one attached hydrogen (secondary N) is 1. The third kappa shape index (κ3) is 5.40. The second-order valence-corrected chi connectivity index (χ2v) is 5.16. The molecule has 7 heteroatoms. The van der Waals surface area contributed by atoms with Gasteiger partial charge in [0, 0.05) is 18.2 Å². The molecule has 0 spiro atoms. The van der Waals surface area contributed by atoms with Crippen LogP contribution < -0.4 is 10.1 Å². The lowest BCUT2D eigenvalue weighted by atomic mass is 10.2. The lowest BCUT2D eigenvalue weighted by Gasteiger charge is -2.07. The number of carbonyl (C=O) groups is 1. The molecule has 1 N–H and O–H groups in total. The Labute approximate surface area is 143 Å². The van der Waals surface area contributed by atoms with Gasteiger partial charge in [-0.1, -0.05) is 23.7 Å². The van der Waals surface area contributed by atoms with E-state index in [-0.39, 0.29) is 11.6 Å². The number of ether oxygens (including phenoxy) is 1. The number of carbonyl (C=O) groups excluding carboxylic acids is 1. The number of rotatable bonds is 7. The number of amides is 1. The Hall–Kier alpha value is -2.86. The first kappa shape index (κ1) is 17.5. The first-order valence-electron chi connectivity index (χ1n) is 7.14. The van der Waals surface area contributed by atoms with Gasteiger partial charge in [0.05, 0.1) is 16.5 Å². The van der Waals surface area contributed by atoms with Gasteiger partial charge >= 0.3 is 0 Å². The van der Waals surface area contributed by atoms with E-state index in [0.717, 1.165) is 0 Å². The molecule has 1 amide bonds. The Morgan fingerprint density at radius 1 is 1.21 bits per heavy atom. The average molecular weight is 347 g/mol. The maximum atomic E-state index is 11.7. The van der Waals surface area contributed by atoms with E-state index in [4.69, 9.17) is 16.3 Å². The van der Waals surface area contributed by atoms with Gasteiger partial charge in [-0.25, -0.2) is 0 Å². The Bertz CT molecular complexity index is 745. The smallest absolute Gasteiger partial charge is 0.269 e. The standard InChI is InChI=1S/C17H15ClN2O4/c18-15-3-1-2-4-16(15)24-12-11-19-17(21)10-7-13-5-8-14(9-6-13)20(22)23/h1-10H,11-12H2,(H,19,21)/b10-7+. The molecular weight excluding hydrogens is 332 g/mol. The Morgan fingerprint density at radius 2 is 1.92 bits per heavy atom. The van der Waals surface area contributed by atoms with E-state index in [1.165, 1.54) is 18.2 Å². The number of halogens is 1. The fourth-order valence-corrected chi connectivity index (χ4v) is 2.03. The highest BCUT2D eigenvalue weighted by atomic mass is 35.5. The molecule has 124 valence electrons. The normalized spacial score (nSPS) is 10.5. The summed E-state index contributed by atoms with van der Waals surface area (Å²) in [4.78, 5) is 21.8. The topological polar surface area (TPSA) is 81.5 Å². The Balaban J connectivity index is 1.74. The minimum absolute atomic E-state index is 0.00771. The molecule has 0 aliphatic heterocycles. The Morgan fingerprint density at radius 3 is 2.58 bits per heavy atom. The number of hydrogen-bond donors (Lipinski definition) is 1. The van der Waals surface area contributed by atoms with Crippen molar-refractivity contribution in [3.05, 3.63) is 75.3 Å². The summed E-state index contributed by atoms with van der Waals surface area (Å²) < 4.78 is 5.45. The zero-order valence-corrected chi connectivity index (χ0v) is 13.4. The van der Waals surface area contributed by atoms with Crippen LogP contribution in [0, 0.1) is 10.1 Å². The van der Waals surface area contributed by atoms with Crippen LogP contribution in [0.3, 0.4) is 0 Å². The molecule has 2 aromatic rings. The van der Waals surface area contributed by atoms with E-state index in [9.17, 15) is 14.9 Å². The first-order valence-corrected chi connectivity index (χ1v) is 7.52. The molecule has 0 bridgehead atoms. The van der Waals surface area contributed by atoms with Gasteiger partial charge in [-0.2, -0.15) is 0 Å². The number of nitrogens with zero attached hydrogens (tertiary/aromatic N) is 1. The van der Waals surface area contributed by atoms with Crippen LogP contribution in [0.1, 0.15) is 5.56 Å². The molecule has 0 radical (unpaired) electrons. The number of benzene rings is 2. The summed E-state index contributed by atoms with van der Waals surface area (Å²) >= 11 is 5.95. The van der Waals surface area contributed by atoms with Crippen LogP contribution in [0.2, 0.25) is 5.02 Å². The van der Waals surface area contributed by atoms with Crippen molar-refractivity contribution in [2.75, 3.05) is 13.2 Å². The van der Waals surface area contributed by atoms with Gasteiger partial charge in [-0.3, -0.25) is 14.9 Å². The SMILES string of the molecule is O=C(/C=C/c1ccc([N+](=O)[O-])cc1)NCCOc1ccccc1Cl. The van der Waals surface area contributed by atoms with Gasteiger partial charge in [-0.15, -0.1) is 0 Å². The fraction of sp³-hybridized carbons (Fsp3) is 0.118. The van der Waals surface area contributed by atoms with Crippen LogP contribution >= 0.6 is 11.6 Å². The van der Waals surface area contributed by atoms with Crippen molar-refractivity contribution in [3.63, 3.8) is 0 Å². The van der Waals surface area contributed by atoms with Crippen LogP contribution in [0.25, 0.3) is 6.08 Å². The molecule has 0 heterocycles. The highest BCUT2D eigenvalue weighted by molar-refractivity contribution is 6.32. The van der Waals surface area contributed by atoms with Crippen LogP contribution in [-0.2, 0) is 4.79 Å². The highest BCUT2D eigenvalue weighted by Crippen LogP contribution is 2.22. The number of hydrogen-bond acceptors (Lipinski definition) is 4. The highest BCUT2D eigenvalue weighted by Gasteiger charge is 2.03. The molecule has 24 heavy (non-hydrogen) atoms. The molecule has 0 saturated heterocycles. The number of para-hydroxylation sites is 1. The molecule has 0 atom stereocenters. The molecule has 2 aromatic carbocycles. The number of non-ortho nitro benzene ring substituents is 1. The second kappa shape index (κ2) is 8.69. The predicted octanol–water partition coefficient (Wildman–Crippen LogP) is 3.46. The molecule has 0 unspecified atom stereocenters. The quantitative estimate of drug-likeness (QED) is 0.360. The molecular formula is C17H15ClN2O4. The van der Waals surface area contributed by atoms with Crippen molar-refractivity contribution < 1.29 is 14.5 Å². The van der Waals surface area contributed by atoms with Crippen LogP contribution in [0.4, 0.5) is 5.69 Å². The van der Waals surface area contributed by atoms with Gasteiger partial charge < -0.3 is 10.1 Å². The van der Waals surface area contributed by atoms with Crippen molar-refractivity contribution in [1.82, 2.24) is 5.32 Å².